The van der Waals surface area contributed by atoms with Gasteiger partial charge in [0.05, 0.1) is 7.11 Å². The second-order valence-corrected chi connectivity index (χ2v) is 7.34. The molecule has 4 aromatic rings. The number of ether oxygens (including phenoxy) is 2. The number of methoxy groups -OCH3 is 1. The van der Waals surface area contributed by atoms with Crippen molar-refractivity contribution in [2.45, 2.75) is 6.61 Å². The molecule has 0 radical (unpaired) electrons. The van der Waals surface area contributed by atoms with Crippen LogP contribution in [0.2, 0.25) is 0 Å². The SMILES string of the molecule is COc1cc(C=C(C#N)C(=O)Nc2cccc3ccccc23)ccc1OCc1ccccc1. The van der Waals surface area contributed by atoms with Crippen LogP contribution in [-0.2, 0) is 11.4 Å². The first kappa shape index (κ1) is 21.7. The minimum absolute atomic E-state index is 0.0112. The Balaban J connectivity index is 1.53. The molecule has 0 atom stereocenters. The number of carbonyl (C=O) groups is 1. The van der Waals surface area contributed by atoms with Gasteiger partial charge in [-0.05, 0) is 40.8 Å². The van der Waals surface area contributed by atoms with Gasteiger partial charge < -0.3 is 14.8 Å². The molecule has 1 N–H and O–H groups in total. The minimum atomic E-state index is -0.475. The summed E-state index contributed by atoms with van der Waals surface area (Å²) in [6, 6.07) is 30.5. The molecule has 5 nitrogen and oxygen atoms in total. The van der Waals surface area contributed by atoms with Crippen LogP contribution in [-0.4, -0.2) is 13.0 Å². The number of nitriles is 1. The lowest BCUT2D eigenvalue weighted by molar-refractivity contribution is -0.112. The number of amides is 1. The lowest BCUT2D eigenvalue weighted by atomic mass is 10.1. The van der Waals surface area contributed by atoms with Crippen molar-refractivity contribution in [3.63, 3.8) is 0 Å². The molecule has 0 fully saturated rings. The molecule has 0 heterocycles. The Morgan fingerprint density at radius 3 is 2.48 bits per heavy atom. The summed E-state index contributed by atoms with van der Waals surface area (Å²) in [5, 5.41) is 14.4. The summed E-state index contributed by atoms with van der Waals surface area (Å²) < 4.78 is 11.3. The Morgan fingerprint density at radius 1 is 0.939 bits per heavy atom. The first-order valence-corrected chi connectivity index (χ1v) is 10.4. The monoisotopic (exact) mass is 434 g/mol. The van der Waals surface area contributed by atoms with Crippen molar-refractivity contribution >= 4 is 28.4 Å². The molecule has 33 heavy (non-hydrogen) atoms. The maximum Gasteiger partial charge on any atom is 0.266 e. The molecule has 0 aromatic heterocycles. The van der Waals surface area contributed by atoms with Crippen molar-refractivity contribution in [1.82, 2.24) is 0 Å². The van der Waals surface area contributed by atoms with Crippen LogP contribution in [0.1, 0.15) is 11.1 Å². The highest BCUT2D eigenvalue weighted by Gasteiger charge is 2.12. The predicted octanol–water partition coefficient (Wildman–Crippen LogP) is 5.97. The maximum absolute atomic E-state index is 12.8. The summed E-state index contributed by atoms with van der Waals surface area (Å²) in [4.78, 5) is 12.8. The van der Waals surface area contributed by atoms with Crippen LogP contribution >= 0.6 is 0 Å². The third kappa shape index (κ3) is 5.20. The zero-order valence-corrected chi connectivity index (χ0v) is 18.1. The molecule has 4 aromatic carbocycles. The van der Waals surface area contributed by atoms with E-state index in [1.165, 1.54) is 6.08 Å². The van der Waals surface area contributed by atoms with Crippen molar-refractivity contribution in [3.8, 4) is 17.6 Å². The van der Waals surface area contributed by atoms with Gasteiger partial charge in [-0.1, -0.05) is 72.8 Å². The highest BCUT2D eigenvalue weighted by Crippen LogP contribution is 2.30. The van der Waals surface area contributed by atoms with Crippen LogP contribution in [0, 0.1) is 11.3 Å². The van der Waals surface area contributed by atoms with E-state index in [2.05, 4.69) is 5.32 Å². The van der Waals surface area contributed by atoms with Gasteiger partial charge in [-0.3, -0.25) is 4.79 Å². The molecule has 0 saturated heterocycles. The number of nitrogens with zero attached hydrogens (tertiary/aromatic N) is 1. The second kappa shape index (κ2) is 10.2. The van der Waals surface area contributed by atoms with Gasteiger partial charge in [0, 0.05) is 11.1 Å². The first-order valence-electron chi connectivity index (χ1n) is 10.4. The molecule has 0 unspecified atom stereocenters. The zero-order valence-electron chi connectivity index (χ0n) is 18.1. The number of nitrogens with one attached hydrogen (secondary N) is 1. The van der Waals surface area contributed by atoms with Crippen molar-refractivity contribution in [2.24, 2.45) is 0 Å². The molecule has 0 aliphatic carbocycles. The van der Waals surface area contributed by atoms with Crippen LogP contribution in [0.3, 0.4) is 0 Å². The highest BCUT2D eigenvalue weighted by atomic mass is 16.5. The van der Waals surface area contributed by atoms with Crippen LogP contribution in [0.15, 0.2) is 96.6 Å². The summed E-state index contributed by atoms with van der Waals surface area (Å²) in [6.45, 7) is 0.406. The molecule has 0 aliphatic heterocycles. The number of benzene rings is 4. The molecular weight excluding hydrogens is 412 g/mol. The molecule has 1 amide bonds. The van der Waals surface area contributed by atoms with Gasteiger partial charge in [0.2, 0.25) is 0 Å². The average Bonchev–Trinajstić information content (AvgIpc) is 2.87. The van der Waals surface area contributed by atoms with Crippen molar-refractivity contribution in [1.29, 1.82) is 5.26 Å². The maximum atomic E-state index is 12.8. The van der Waals surface area contributed by atoms with Crippen molar-refractivity contribution < 1.29 is 14.3 Å². The summed E-state index contributed by atoms with van der Waals surface area (Å²) in [6.07, 6.45) is 1.53. The normalized spacial score (nSPS) is 11.0. The van der Waals surface area contributed by atoms with E-state index in [1.807, 2.05) is 78.9 Å². The standard InChI is InChI=1S/C28H22N2O3/c1-32-27-17-21(14-15-26(27)33-19-20-8-3-2-4-9-20)16-23(18-29)28(31)30-25-13-7-11-22-10-5-6-12-24(22)25/h2-17H,19H2,1H3,(H,30,31). The van der Waals surface area contributed by atoms with E-state index >= 15 is 0 Å². The van der Waals surface area contributed by atoms with Crippen molar-refractivity contribution in [2.75, 3.05) is 12.4 Å². The van der Waals surface area contributed by atoms with Crippen molar-refractivity contribution in [3.05, 3.63) is 108 Å². The average molecular weight is 434 g/mol. The Bertz CT molecular complexity index is 1350. The summed E-state index contributed by atoms with van der Waals surface area (Å²) in [5.41, 5.74) is 2.34. The Morgan fingerprint density at radius 2 is 1.70 bits per heavy atom. The number of hydrogen-bond donors (Lipinski definition) is 1. The summed E-state index contributed by atoms with van der Waals surface area (Å²) in [7, 11) is 1.55. The van der Waals surface area contributed by atoms with Crippen LogP contribution in [0.4, 0.5) is 5.69 Å². The van der Waals surface area contributed by atoms with Gasteiger partial charge >= 0.3 is 0 Å². The molecule has 4 rings (SSSR count). The fourth-order valence-electron chi connectivity index (χ4n) is 3.47. The van der Waals surface area contributed by atoms with Gasteiger partial charge in [-0.2, -0.15) is 5.26 Å². The summed E-state index contributed by atoms with van der Waals surface area (Å²) in [5.74, 6) is 0.626. The van der Waals surface area contributed by atoms with Gasteiger partial charge in [-0.25, -0.2) is 0 Å². The number of anilines is 1. The molecule has 5 heteroatoms. The van der Waals surface area contributed by atoms with Crippen LogP contribution in [0.5, 0.6) is 11.5 Å². The predicted molar refractivity (Wildman–Crippen MR) is 130 cm³/mol. The van der Waals surface area contributed by atoms with E-state index in [4.69, 9.17) is 9.47 Å². The number of rotatable bonds is 7. The second-order valence-electron chi connectivity index (χ2n) is 7.34. The van der Waals surface area contributed by atoms with Gasteiger partial charge in [-0.15, -0.1) is 0 Å². The first-order chi connectivity index (χ1) is 16.2. The zero-order chi connectivity index (χ0) is 23.0. The van der Waals surface area contributed by atoms with E-state index < -0.39 is 5.91 Å². The molecule has 0 bridgehead atoms. The van der Waals surface area contributed by atoms with E-state index in [9.17, 15) is 10.1 Å². The summed E-state index contributed by atoms with van der Waals surface area (Å²) >= 11 is 0. The Hall–Kier alpha value is -4.56. The number of carbonyl (C=O) groups excluding carboxylic acids is 1. The number of hydrogen-bond acceptors (Lipinski definition) is 4. The fourth-order valence-corrected chi connectivity index (χ4v) is 3.47. The highest BCUT2D eigenvalue weighted by molar-refractivity contribution is 6.12. The quantitative estimate of drug-likeness (QED) is 0.287. The lowest BCUT2D eigenvalue weighted by Crippen LogP contribution is -2.13. The Labute approximate surface area is 192 Å². The third-order valence-electron chi connectivity index (χ3n) is 5.14. The van der Waals surface area contributed by atoms with E-state index in [0.29, 0.717) is 29.4 Å². The van der Waals surface area contributed by atoms with Gasteiger partial charge in [0.25, 0.3) is 5.91 Å². The van der Waals surface area contributed by atoms with E-state index in [0.717, 1.165) is 16.3 Å². The lowest BCUT2D eigenvalue weighted by Gasteiger charge is -2.12. The number of fused-ring (bicyclic) bond motifs is 1. The van der Waals surface area contributed by atoms with Gasteiger partial charge in [0.1, 0.15) is 18.2 Å². The van der Waals surface area contributed by atoms with E-state index in [1.54, 1.807) is 25.3 Å². The molecule has 0 spiro atoms. The van der Waals surface area contributed by atoms with Crippen LogP contribution in [0.25, 0.3) is 16.8 Å². The van der Waals surface area contributed by atoms with Crippen LogP contribution < -0.4 is 14.8 Å². The molecule has 162 valence electrons. The topological polar surface area (TPSA) is 71.3 Å². The fraction of sp³-hybridized carbons (Fsp3) is 0.0714. The third-order valence-corrected chi connectivity index (χ3v) is 5.14. The minimum Gasteiger partial charge on any atom is -0.493 e. The smallest absolute Gasteiger partial charge is 0.266 e. The van der Waals surface area contributed by atoms with Gasteiger partial charge in [0.15, 0.2) is 11.5 Å². The largest absolute Gasteiger partial charge is 0.493 e. The molecule has 0 aliphatic rings. The Kier molecular flexibility index (Phi) is 6.67. The molecule has 0 saturated carbocycles. The van der Waals surface area contributed by atoms with E-state index in [-0.39, 0.29) is 5.57 Å². The molecular formula is C28H22N2O3.